The molecule has 4 rings (SSSR count). The first-order chi connectivity index (χ1) is 14.1. The normalized spacial score (nSPS) is 14.6. The summed E-state index contributed by atoms with van der Waals surface area (Å²) in [6.07, 6.45) is 5.12. The Hall–Kier alpha value is -3.49. The molecule has 0 bridgehead atoms. The van der Waals surface area contributed by atoms with Crippen LogP contribution in [0, 0.1) is 0 Å². The van der Waals surface area contributed by atoms with Crippen molar-refractivity contribution in [2.45, 2.75) is 25.8 Å². The molecule has 0 spiro atoms. The Morgan fingerprint density at radius 3 is 2.66 bits per heavy atom. The topological polar surface area (TPSA) is 106 Å². The fraction of sp³-hybridized carbons (Fsp3) is 0.350. The Bertz CT molecular complexity index is 982. The summed E-state index contributed by atoms with van der Waals surface area (Å²) < 4.78 is 10.6. The lowest BCUT2D eigenvalue weighted by molar-refractivity contribution is 0.0786. The number of methoxy groups -OCH3 is 1. The number of nitrogens with one attached hydrogen (secondary N) is 1. The second kappa shape index (κ2) is 8.26. The zero-order valence-electron chi connectivity index (χ0n) is 16.3. The second-order valence-corrected chi connectivity index (χ2v) is 6.84. The van der Waals surface area contributed by atoms with Gasteiger partial charge in [-0.15, -0.1) is 0 Å². The molecule has 3 aromatic rings. The number of hydrogen-bond donors (Lipinski definition) is 1. The summed E-state index contributed by atoms with van der Waals surface area (Å²) in [6.45, 7) is 3.41. The Morgan fingerprint density at radius 1 is 1.17 bits per heavy atom. The molecule has 1 saturated heterocycles. The standard InChI is InChI=1S/C20H22N6O3/c1-13(19-24-18(25-29-19)14-5-7-15(28-2)8-6-14)22-17-12-21-11-16(23-17)20(27)26-9-3-4-10-26/h5-8,11-13H,3-4,9-10H2,1-2H3,(H,22,23). The summed E-state index contributed by atoms with van der Waals surface area (Å²) in [5.74, 6) is 2.04. The summed E-state index contributed by atoms with van der Waals surface area (Å²) in [4.78, 5) is 27.3. The van der Waals surface area contributed by atoms with Crippen molar-refractivity contribution < 1.29 is 14.1 Å². The zero-order valence-corrected chi connectivity index (χ0v) is 16.3. The van der Waals surface area contributed by atoms with Crippen LogP contribution in [0.25, 0.3) is 11.4 Å². The number of aromatic nitrogens is 4. The van der Waals surface area contributed by atoms with E-state index in [9.17, 15) is 4.79 Å². The lowest BCUT2D eigenvalue weighted by Gasteiger charge is -2.15. The van der Waals surface area contributed by atoms with Crippen LogP contribution in [0.5, 0.6) is 5.75 Å². The maximum Gasteiger partial charge on any atom is 0.274 e. The van der Waals surface area contributed by atoms with Gasteiger partial charge in [-0.1, -0.05) is 5.16 Å². The number of hydrogen-bond acceptors (Lipinski definition) is 8. The van der Waals surface area contributed by atoms with Crippen molar-refractivity contribution in [3.63, 3.8) is 0 Å². The van der Waals surface area contributed by atoms with E-state index >= 15 is 0 Å². The molecule has 1 aromatic carbocycles. The van der Waals surface area contributed by atoms with E-state index in [2.05, 4.69) is 25.4 Å². The van der Waals surface area contributed by atoms with Gasteiger partial charge < -0.3 is 19.5 Å². The molecule has 1 unspecified atom stereocenters. The average Bonchev–Trinajstić information content (AvgIpc) is 3.46. The van der Waals surface area contributed by atoms with E-state index < -0.39 is 0 Å². The van der Waals surface area contributed by atoms with Gasteiger partial charge in [0.05, 0.1) is 19.5 Å². The van der Waals surface area contributed by atoms with Crippen LogP contribution in [0.4, 0.5) is 5.82 Å². The van der Waals surface area contributed by atoms with Gasteiger partial charge in [0.2, 0.25) is 11.7 Å². The third kappa shape index (κ3) is 4.18. The zero-order chi connectivity index (χ0) is 20.2. The monoisotopic (exact) mass is 394 g/mol. The van der Waals surface area contributed by atoms with Gasteiger partial charge in [0.25, 0.3) is 5.91 Å². The SMILES string of the molecule is COc1ccc(-c2noc(C(C)Nc3cncc(C(=O)N4CCCC4)n3)n2)cc1. The summed E-state index contributed by atoms with van der Waals surface area (Å²) in [7, 11) is 1.62. The van der Waals surface area contributed by atoms with Crippen molar-refractivity contribution in [1.82, 2.24) is 25.0 Å². The minimum absolute atomic E-state index is 0.0918. The molecule has 1 N–H and O–H groups in total. The van der Waals surface area contributed by atoms with Crippen LogP contribution < -0.4 is 10.1 Å². The Morgan fingerprint density at radius 2 is 1.93 bits per heavy atom. The van der Waals surface area contributed by atoms with Gasteiger partial charge >= 0.3 is 0 Å². The number of ether oxygens (including phenoxy) is 1. The van der Waals surface area contributed by atoms with Crippen LogP contribution in [0.3, 0.4) is 0 Å². The molecule has 150 valence electrons. The van der Waals surface area contributed by atoms with Crippen molar-refractivity contribution >= 4 is 11.7 Å². The van der Waals surface area contributed by atoms with Gasteiger partial charge in [0.1, 0.15) is 23.3 Å². The lowest BCUT2D eigenvalue weighted by atomic mass is 10.2. The van der Waals surface area contributed by atoms with Gasteiger partial charge in [-0.25, -0.2) is 4.98 Å². The molecule has 9 heteroatoms. The van der Waals surface area contributed by atoms with Crippen LogP contribution in [0.2, 0.25) is 0 Å². The van der Waals surface area contributed by atoms with Crippen molar-refractivity contribution in [2.75, 3.05) is 25.5 Å². The third-order valence-corrected chi connectivity index (χ3v) is 4.77. The summed E-state index contributed by atoms with van der Waals surface area (Å²) in [6, 6.07) is 7.10. The number of carbonyl (C=O) groups excluding carboxylic acids is 1. The highest BCUT2D eigenvalue weighted by Gasteiger charge is 2.22. The summed E-state index contributed by atoms with van der Waals surface area (Å²) >= 11 is 0. The average molecular weight is 394 g/mol. The van der Waals surface area contributed by atoms with Crippen molar-refractivity contribution in [3.05, 3.63) is 48.2 Å². The quantitative estimate of drug-likeness (QED) is 0.680. The maximum atomic E-state index is 12.5. The third-order valence-electron chi connectivity index (χ3n) is 4.77. The van der Waals surface area contributed by atoms with Gasteiger partial charge in [0.15, 0.2) is 0 Å². The molecular formula is C20H22N6O3. The van der Waals surface area contributed by atoms with Gasteiger partial charge in [-0.2, -0.15) is 4.98 Å². The van der Waals surface area contributed by atoms with E-state index in [1.165, 1.54) is 6.20 Å². The van der Waals surface area contributed by atoms with Crippen LogP contribution in [-0.2, 0) is 0 Å². The number of carbonyl (C=O) groups is 1. The highest BCUT2D eigenvalue weighted by molar-refractivity contribution is 5.92. The number of rotatable bonds is 6. The van der Waals surface area contributed by atoms with Crippen molar-refractivity contribution in [2.24, 2.45) is 0 Å². The molecule has 3 heterocycles. The van der Waals surface area contributed by atoms with E-state index in [0.717, 1.165) is 37.2 Å². The fourth-order valence-electron chi connectivity index (χ4n) is 3.17. The lowest BCUT2D eigenvalue weighted by Crippen LogP contribution is -2.28. The van der Waals surface area contributed by atoms with E-state index in [4.69, 9.17) is 9.26 Å². The minimum atomic E-state index is -0.305. The molecular weight excluding hydrogens is 372 g/mol. The first-order valence-electron chi connectivity index (χ1n) is 9.50. The largest absolute Gasteiger partial charge is 0.497 e. The molecule has 0 aliphatic carbocycles. The molecule has 1 amide bonds. The fourth-order valence-corrected chi connectivity index (χ4v) is 3.17. The molecule has 9 nitrogen and oxygen atoms in total. The molecule has 1 atom stereocenters. The van der Waals surface area contributed by atoms with Gasteiger partial charge in [0, 0.05) is 18.7 Å². The van der Waals surface area contributed by atoms with Crippen LogP contribution in [0.1, 0.15) is 42.2 Å². The van der Waals surface area contributed by atoms with E-state index in [0.29, 0.717) is 23.2 Å². The first kappa shape index (κ1) is 18.9. The van der Waals surface area contributed by atoms with Crippen LogP contribution in [-0.4, -0.2) is 51.1 Å². The maximum absolute atomic E-state index is 12.5. The Balaban J connectivity index is 1.45. The number of benzene rings is 1. The first-order valence-corrected chi connectivity index (χ1v) is 9.50. The predicted molar refractivity (Wildman–Crippen MR) is 105 cm³/mol. The van der Waals surface area contributed by atoms with E-state index in [1.807, 2.05) is 31.2 Å². The highest BCUT2D eigenvalue weighted by Crippen LogP contribution is 2.23. The van der Waals surface area contributed by atoms with Crippen molar-refractivity contribution in [3.8, 4) is 17.1 Å². The highest BCUT2D eigenvalue weighted by atomic mass is 16.5. The van der Waals surface area contributed by atoms with Crippen LogP contribution in [0.15, 0.2) is 41.2 Å². The minimum Gasteiger partial charge on any atom is -0.497 e. The van der Waals surface area contributed by atoms with Gasteiger partial charge in [-0.05, 0) is 44.0 Å². The number of anilines is 1. The molecule has 1 aliphatic rings. The number of nitrogens with zero attached hydrogens (tertiary/aromatic N) is 5. The summed E-state index contributed by atoms with van der Waals surface area (Å²) in [5, 5.41) is 7.21. The number of amides is 1. The molecule has 0 saturated carbocycles. The predicted octanol–water partition coefficient (Wildman–Crippen LogP) is 2.94. The molecule has 2 aromatic heterocycles. The molecule has 0 radical (unpaired) electrons. The number of likely N-dealkylation sites (tertiary alicyclic amines) is 1. The van der Waals surface area contributed by atoms with E-state index in [-0.39, 0.29) is 11.9 Å². The summed E-state index contributed by atoms with van der Waals surface area (Å²) in [5.41, 5.74) is 1.15. The Kier molecular flexibility index (Phi) is 5.37. The molecule has 1 aliphatic heterocycles. The Labute approximate surface area is 168 Å². The van der Waals surface area contributed by atoms with E-state index in [1.54, 1.807) is 18.2 Å². The molecule has 1 fully saturated rings. The van der Waals surface area contributed by atoms with Gasteiger partial charge in [-0.3, -0.25) is 9.78 Å². The molecule has 29 heavy (non-hydrogen) atoms. The van der Waals surface area contributed by atoms with Crippen molar-refractivity contribution in [1.29, 1.82) is 0 Å². The van der Waals surface area contributed by atoms with Crippen LogP contribution >= 0.6 is 0 Å². The second-order valence-electron chi connectivity index (χ2n) is 6.84. The smallest absolute Gasteiger partial charge is 0.274 e.